The lowest BCUT2D eigenvalue weighted by molar-refractivity contribution is 0.0687. The van der Waals surface area contributed by atoms with Gasteiger partial charge in [0.05, 0.1) is 12.8 Å². The zero-order valence-electron chi connectivity index (χ0n) is 15.0. The van der Waals surface area contributed by atoms with Gasteiger partial charge < -0.3 is 14.7 Å². The van der Waals surface area contributed by atoms with E-state index in [1.54, 1.807) is 6.20 Å². The first kappa shape index (κ1) is 17.5. The van der Waals surface area contributed by atoms with E-state index in [0.29, 0.717) is 43.9 Å². The number of hydrogen-bond acceptors (Lipinski definition) is 5. The summed E-state index contributed by atoms with van der Waals surface area (Å²) in [5, 5.41) is 15.6. The average molecular weight is 370 g/mol. The van der Waals surface area contributed by atoms with Gasteiger partial charge in [0, 0.05) is 50.3 Å². The van der Waals surface area contributed by atoms with Crippen molar-refractivity contribution in [1.82, 2.24) is 20.0 Å². The molecule has 3 heterocycles. The number of carboxylic acids is 1. The van der Waals surface area contributed by atoms with Crippen molar-refractivity contribution in [2.45, 2.75) is 19.4 Å². The van der Waals surface area contributed by atoms with Gasteiger partial charge in [-0.3, -0.25) is 14.8 Å². The molecule has 2 aliphatic rings. The van der Waals surface area contributed by atoms with Crippen LogP contribution in [0.5, 0.6) is 5.75 Å². The average Bonchev–Trinajstić information content (AvgIpc) is 3.26. The number of nitrogens with zero attached hydrogens (tertiary/aromatic N) is 3. The molecule has 0 bridgehead atoms. The van der Waals surface area contributed by atoms with Crippen LogP contribution < -0.4 is 4.74 Å². The first-order valence-corrected chi connectivity index (χ1v) is 9.15. The molecule has 0 atom stereocenters. The van der Waals surface area contributed by atoms with Crippen molar-refractivity contribution < 1.29 is 19.4 Å². The smallest absolute Gasteiger partial charge is 0.354 e. The molecule has 0 spiro atoms. The number of aromatic nitrogens is 2. The van der Waals surface area contributed by atoms with Crippen molar-refractivity contribution in [3.05, 3.63) is 46.8 Å². The van der Waals surface area contributed by atoms with Crippen LogP contribution in [0.1, 0.15) is 38.4 Å². The van der Waals surface area contributed by atoms with Crippen LogP contribution in [0.3, 0.4) is 0 Å². The number of aromatic amines is 1. The van der Waals surface area contributed by atoms with Crippen LogP contribution in [0.15, 0.2) is 24.4 Å². The van der Waals surface area contributed by atoms with Gasteiger partial charge in [-0.15, -0.1) is 0 Å². The molecule has 0 aliphatic carbocycles. The number of carbonyl (C=O) groups is 2. The van der Waals surface area contributed by atoms with Gasteiger partial charge >= 0.3 is 5.97 Å². The van der Waals surface area contributed by atoms with E-state index < -0.39 is 5.97 Å². The summed E-state index contributed by atoms with van der Waals surface area (Å²) < 4.78 is 5.51. The minimum Gasteiger partial charge on any atom is -0.493 e. The SMILES string of the molecule is O=C(O)c1[nH]ncc1CN1CCCN(C(=O)c2ccc3c(c2)CCO3)CC1. The summed E-state index contributed by atoms with van der Waals surface area (Å²) in [4.78, 5) is 28.2. The molecule has 1 amide bonds. The fourth-order valence-electron chi connectivity index (χ4n) is 3.69. The Hall–Kier alpha value is -2.87. The lowest BCUT2D eigenvalue weighted by Crippen LogP contribution is -2.35. The summed E-state index contributed by atoms with van der Waals surface area (Å²) in [5.41, 5.74) is 2.60. The van der Waals surface area contributed by atoms with Crippen LogP contribution in [0.25, 0.3) is 0 Å². The highest BCUT2D eigenvalue weighted by atomic mass is 16.5. The third kappa shape index (κ3) is 3.66. The Morgan fingerprint density at radius 2 is 2.11 bits per heavy atom. The highest BCUT2D eigenvalue weighted by Crippen LogP contribution is 2.26. The molecule has 2 aliphatic heterocycles. The molecular weight excluding hydrogens is 348 g/mol. The number of nitrogens with one attached hydrogen (secondary N) is 1. The van der Waals surface area contributed by atoms with E-state index in [0.717, 1.165) is 30.7 Å². The molecule has 8 heteroatoms. The van der Waals surface area contributed by atoms with E-state index in [1.165, 1.54) is 0 Å². The molecule has 0 radical (unpaired) electrons. The highest BCUT2D eigenvalue weighted by Gasteiger charge is 2.23. The predicted molar refractivity (Wildman–Crippen MR) is 97.0 cm³/mol. The number of carbonyl (C=O) groups excluding carboxylic acids is 1. The molecule has 2 N–H and O–H groups in total. The maximum Gasteiger partial charge on any atom is 0.354 e. The summed E-state index contributed by atoms with van der Waals surface area (Å²) in [6.45, 7) is 4.01. The van der Waals surface area contributed by atoms with Crippen LogP contribution in [0, 0.1) is 0 Å². The largest absolute Gasteiger partial charge is 0.493 e. The molecule has 0 saturated carbocycles. The number of hydrogen-bond donors (Lipinski definition) is 2. The summed E-state index contributed by atoms with van der Waals surface area (Å²) in [5.74, 6) is -0.0845. The molecule has 1 aromatic heterocycles. The lowest BCUT2D eigenvalue weighted by Gasteiger charge is -2.22. The van der Waals surface area contributed by atoms with E-state index in [4.69, 9.17) is 4.74 Å². The lowest BCUT2D eigenvalue weighted by atomic mass is 10.1. The minimum absolute atomic E-state index is 0.0427. The quantitative estimate of drug-likeness (QED) is 0.844. The minimum atomic E-state index is -1.00. The molecule has 1 fully saturated rings. The zero-order chi connectivity index (χ0) is 18.8. The van der Waals surface area contributed by atoms with Crippen LogP contribution in [0.2, 0.25) is 0 Å². The van der Waals surface area contributed by atoms with Gasteiger partial charge in [0.15, 0.2) is 0 Å². The molecule has 1 saturated heterocycles. The maximum absolute atomic E-state index is 12.9. The molecule has 8 nitrogen and oxygen atoms in total. The van der Waals surface area contributed by atoms with Gasteiger partial charge in [-0.25, -0.2) is 4.79 Å². The molecule has 27 heavy (non-hydrogen) atoms. The standard InChI is InChI=1S/C19H22N4O4/c24-18(14-2-3-16-13(10-14)4-9-27-16)23-6-1-5-22(7-8-23)12-15-11-20-21-17(15)19(25)26/h2-3,10-11H,1,4-9,12H2,(H,20,21)(H,25,26). The van der Waals surface area contributed by atoms with E-state index >= 15 is 0 Å². The molecule has 0 unspecified atom stereocenters. The molecule has 4 rings (SSSR count). The summed E-state index contributed by atoms with van der Waals surface area (Å²) in [6.07, 6.45) is 3.25. The first-order valence-electron chi connectivity index (χ1n) is 9.15. The van der Waals surface area contributed by atoms with Crippen LogP contribution in [0.4, 0.5) is 0 Å². The van der Waals surface area contributed by atoms with Gasteiger partial charge in [0.2, 0.25) is 0 Å². The maximum atomic E-state index is 12.9. The summed E-state index contributed by atoms with van der Waals surface area (Å²) in [7, 11) is 0. The second kappa shape index (κ2) is 7.40. The van der Waals surface area contributed by atoms with Crippen molar-refractivity contribution in [3.8, 4) is 5.75 Å². The monoisotopic (exact) mass is 370 g/mol. The van der Waals surface area contributed by atoms with E-state index in [2.05, 4.69) is 15.1 Å². The number of aromatic carboxylic acids is 1. The van der Waals surface area contributed by atoms with Crippen LogP contribution in [-0.2, 0) is 13.0 Å². The van der Waals surface area contributed by atoms with E-state index in [1.807, 2.05) is 23.1 Å². The summed E-state index contributed by atoms with van der Waals surface area (Å²) in [6, 6.07) is 5.66. The van der Waals surface area contributed by atoms with Crippen molar-refractivity contribution in [2.24, 2.45) is 0 Å². The Balaban J connectivity index is 1.40. The van der Waals surface area contributed by atoms with Crippen molar-refractivity contribution >= 4 is 11.9 Å². The second-order valence-electron chi connectivity index (χ2n) is 6.92. The van der Waals surface area contributed by atoms with Gasteiger partial charge in [0.25, 0.3) is 5.91 Å². The van der Waals surface area contributed by atoms with Crippen LogP contribution in [-0.4, -0.2) is 69.8 Å². The van der Waals surface area contributed by atoms with Crippen molar-refractivity contribution in [1.29, 1.82) is 0 Å². The first-order chi connectivity index (χ1) is 13.1. The third-order valence-electron chi connectivity index (χ3n) is 5.14. The normalized spacial score (nSPS) is 17.3. The number of H-pyrrole nitrogens is 1. The molecule has 2 aromatic rings. The van der Waals surface area contributed by atoms with E-state index in [9.17, 15) is 14.7 Å². The van der Waals surface area contributed by atoms with Gasteiger partial charge in [0.1, 0.15) is 11.4 Å². The number of amides is 1. The number of rotatable bonds is 4. The molecular formula is C19H22N4O4. The zero-order valence-corrected chi connectivity index (χ0v) is 15.0. The Bertz CT molecular complexity index is 863. The Morgan fingerprint density at radius 3 is 2.96 bits per heavy atom. The Kier molecular flexibility index (Phi) is 4.81. The topological polar surface area (TPSA) is 98.8 Å². The number of fused-ring (bicyclic) bond motifs is 1. The van der Waals surface area contributed by atoms with Crippen molar-refractivity contribution in [2.75, 3.05) is 32.8 Å². The van der Waals surface area contributed by atoms with Crippen LogP contribution >= 0.6 is 0 Å². The van der Waals surface area contributed by atoms with E-state index in [-0.39, 0.29) is 11.6 Å². The molecule has 142 valence electrons. The number of benzene rings is 1. The summed E-state index contributed by atoms with van der Waals surface area (Å²) >= 11 is 0. The van der Waals surface area contributed by atoms with Gasteiger partial charge in [-0.1, -0.05) is 0 Å². The fourth-order valence-corrected chi connectivity index (χ4v) is 3.69. The van der Waals surface area contributed by atoms with Crippen molar-refractivity contribution in [3.63, 3.8) is 0 Å². The molecule has 1 aromatic carbocycles. The van der Waals surface area contributed by atoms with Gasteiger partial charge in [-0.05, 0) is 30.2 Å². The van der Waals surface area contributed by atoms with Gasteiger partial charge in [-0.2, -0.15) is 5.10 Å². The highest BCUT2D eigenvalue weighted by molar-refractivity contribution is 5.94. The third-order valence-corrected chi connectivity index (χ3v) is 5.14. The Labute approximate surface area is 156 Å². The second-order valence-corrected chi connectivity index (χ2v) is 6.92. The fraction of sp³-hybridized carbons (Fsp3) is 0.421. The Morgan fingerprint density at radius 1 is 1.22 bits per heavy atom. The number of carboxylic acid groups (broad SMARTS) is 1. The predicted octanol–water partition coefficient (Wildman–Crippen LogP) is 1.39. The number of ether oxygens (including phenoxy) is 1.